The molecular formula is C13H16ClN3S. The summed E-state index contributed by atoms with van der Waals surface area (Å²) in [5, 5.41) is 2.30. The van der Waals surface area contributed by atoms with Crippen molar-refractivity contribution >= 4 is 39.0 Å². The minimum absolute atomic E-state index is 0.230. The summed E-state index contributed by atoms with van der Waals surface area (Å²) in [6.45, 7) is 0. The van der Waals surface area contributed by atoms with Gasteiger partial charge in [-0.1, -0.05) is 12.8 Å². The Morgan fingerprint density at radius 3 is 3.00 bits per heavy atom. The van der Waals surface area contributed by atoms with Crippen LogP contribution < -0.4 is 4.90 Å². The van der Waals surface area contributed by atoms with Gasteiger partial charge < -0.3 is 4.90 Å². The van der Waals surface area contributed by atoms with Crippen molar-refractivity contribution in [3.05, 3.63) is 17.8 Å². The standard InChI is InChI=1S/C13H16ClN3S/c1-17(11-5-3-2-4-9(11)14)13-12-10(6-7-18-12)15-8-16-13/h6-9,11H,2-5H2,1H3. The van der Waals surface area contributed by atoms with E-state index >= 15 is 0 Å². The fraction of sp³-hybridized carbons (Fsp3) is 0.538. The van der Waals surface area contributed by atoms with Crippen molar-refractivity contribution in [2.24, 2.45) is 0 Å². The topological polar surface area (TPSA) is 29.0 Å². The average Bonchev–Trinajstić information content (AvgIpc) is 2.86. The van der Waals surface area contributed by atoms with E-state index < -0.39 is 0 Å². The van der Waals surface area contributed by atoms with Crippen molar-refractivity contribution in [1.82, 2.24) is 9.97 Å². The SMILES string of the molecule is CN(c1ncnc2ccsc12)C1CCCCC1Cl. The number of nitrogens with zero attached hydrogens (tertiary/aromatic N) is 3. The normalized spacial score (nSPS) is 24.3. The van der Waals surface area contributed by atoms with Gasteiger partial charge in [0.25, 0.3) is 0 Å². The maximum Gasteiger partial charge on any atom is 0.150 e. The molecule has 0 saturated heterocycles. The van der Waals surface area contributed by atoms with E-state index in [0.717, 1.165) is 28.9 Å². The summed E-state index contributed by atoms with van der Waals surface area (Å²) >= 11 is 8.17. The van der Waals surface area contributed by atoms with Crippen molar-refractivity contribution in [3.63, 3.8) is 0 Å². The second-order valence-corrected chi connectivity index (χ2v) is 6.29. The Kier molecular flexibility index (Phi) is 3.39. The molecule has 18 heavy (non-hydrogen) atoms. The van der Waals surface area contributed by atoms with Crippen molar-refractivity contribution in [3.8, 4) is 0 Å². The molecule has 1 saturated carbocycles. The molecule has 2 atom stereocenters. The fourth-order valence-corrected chi connectivity index (χ4v) is 4.01. The molecule has 2 unspecified atom stereocenters. The number of alkyl halides is 1. The number of hydrogen-bond acceptors (Lipinski definition) is 4. The van der Waals surface area contributed by atoms with Crippen LogP contribution in [0.2, 0.25) is 0 Å². The molecule has 2 heterocycles. The van der Waals surface area contributed by atoms with Crippen LogP contribution in [0, 0.1) is 0 Å². The van der Waals surface area contributed by atoms with Gasteiger partial charge in [-0.2, -0.15) is 0 Å². The molecular weight excluding hydrogens is 266 g/mol. The van der Waals surface area contributed by atoms with Gasteiger partial charge in [0.15, 0.2) is 0 Å². The van der Waals surface area contributed by atoms with Gasteiger partial charge in [-0.15, -0.1) is 22.9 Å². The highest BCUT2D eigenvalue weighted by Gasteiger charge is 2.28. The van der Waals surface area contributed by atoms with Crippen LogP contribution in [0.25, 0.3) is 10.2 Å². The summed E-state index contributed by atoms with van der Waals surface area (Å²) in [7, 11) is 2.10. The van der Waals surface area contributed by atoms with E-state index in [0.29, 0.717) is 6.04 Å². The first-order valence-electron chi connectivity index (χ1n) is 6.32. The van der Waals surface area contributed by atoms with Crippen LogP contribution in [0.1, 0.15) is 25.7 Å². The van der Waals surface area contributed by atoms with E-state index in [4.69, 9.17) is 11.6 Å². The molecule has 1 fully saturated rings. The first-order valence-corrected chi connectivity index (χ1v) is 7.64. The maximum absolute atomic E-state index is 6.47. The Labute approximate surface area is 116 Å². The highest BCUT2D eigenvalue weighted by Crippen LogP contribution is 2.33. The zero-order valence-corrected chi connectivity index (χ0v) is 11.9. The van der Waals surface area contributed by atoms with Crippen molar-refractivity contribution in [1.29, 1.82) is 0 Å². The number of rotatable bonds is 2. The molecule has 96 valence electrons. The lowest BCUT2D eigenvalue weighted by Crippen LogP contribution is -2.41. The Morgan fingerprint density at radius 1 is 1.33 bits per heavy atom. The average molecular weight is 282 g/mol. The van der Waals surface area contributed by atoms with E-state index in [1.165, 1.54) is 12.8 Å². The van der Waals surface area contributed by atoms with E-state index in [-0.39, 0.29) is 5.38 Å². The molecule has 2 aromatic rings. The number of aromatic nitrogens is 2. The van der Waals surface area contributed by atoms with E-state index in [2.05, 4.69) is 27.3 Å². The Balaban J connectivity index is 1.95. The number of hydrogen-bond donors (Lipinski definition) is 0. The molecule has 0 bridgehead atoms. The second-order valence-electron chi connectivity index (χ2n) is 4.81. The van der Waals surface area contributed by atoms with Gasteiger partial charge in [0, 0.05) is 13.1 Å². The number of fused-ring (bicyclic) bond motifs is 1. The van der Waals surface area contributed by atoms with Crippen LogP contribution in [-0.2, 0) is 0 Å². The van der Waals surface area contributed by atoms with Crippen LogP contribution in [0.15, 0.2) is 17.8 Å². The first-order chi connectivity index (χ1) is 8.77. The molecule has 3 nitrogen and oxygen atoms in total. The summed E-state index contributed by atoms with van der Waals surface area (Å²) in [6, 6.07) is 2.43. The Bertz CT molecular complexity index is 542. The quantitative estimate of drug-likeness (QED) is 0.787. The molecule has 1 aliphatic carbocycles. The summed E-state index contributed by atoms with van der Waals surface area (Å²) in [6.07, 6.45) is 6.41. The third-order valence-corrected chi connectivity index (χ3v) is 5.11. The molecule has 0 amide bonds. The number of thiophene rings is 1. The third-order valence-electron chi connectivity index (χ3n) is 3.70. The molecule has 0 N–H and O–H groups in total. The van der Waals surface area contributed by atoms with Gasteiger partial charge in [-0.05, 0) is 24.3 Å². The van der Waals surface area contributed by atoms with E-state index in [1.807, 2.05) is 6.07 Å². The van der Waals surface area contributed by atoms with Crippen molar-refractivity contribution in [2.75, 3.05) is 11.9 Å². The van der Waals surface area contributed by atoms with Gasteiger partial charge >= 0.3 is 0 Å². The van der Waals surface area contributed by atoms with Gasteiger partial charge in [-0.3, -0.25) is 0 Å². The zero-order chi connectivity index (χ0) is 12.5. The molecule has 1 aliphatic rings. The van der Waals surface area contributed by atoms with Crippen molar-refractivity contribution < 1.29 is 0 Å². The molecule has 5 heteroatoms. The van der Waals surface area contributed by atoms with E-state index in [1.54, 1.807) is 17.7 Å². The molecule has 0 spiro atoms. The van der Waals surface area contributed by atoms with Crippen molar-refractivity contribution in [2.45, 2.75) is 37.1 Å². The van der Waals surface area contributed by atoms with Gasteiger partial charge in [-0.25, -0.2) is 9.97 Å². The first kappa shape index (κ1) is 12.2. The monoisotopic (exact) mass is 281 g/mol. The molecule has 0 aromatic carbocycles. The van der Waals surface area contributed by atoms with Crippen LogP contribution in [-0.4, -0.2) is 28.4 Å². The van der Waals surface area contributed by atoms with Crippen LogP contribution >= 0.6 is 22.9 Å². The summed E-state index contributed by atoms with van der Waals surface area (Å²) in [5.41, 5.74) is 1.03. The predicted molar refractivity (Wildman–Crippen MR) is 77.7 cm³/mol. The zero-order valence-electron chi connectivity index (χ0n) is 10.3. The molecule has 2 aromatic heterocycles. The summed E-state index contributed by atoms with van der Waals surface area (Å²) < 4.78 is 1.16. The molecule has 0 aliphatic heterocycles. The minimum atomic E-state index is 0.230. The second kappa shape index (κ2) is 5.02. The van der Waals surface area contributed by atoms with Crippen LogP contribution in [0.3, 0.4) is 0 Å². The summed E-state index contributed by atoms with van der Waals surface area (Å²) in [5.74, 6) is 1.02. The summed E-state index contributed by atoms with van der Waals surface area (Å²) in [4.78, 5) is 11.0. The van der Waals surface area contributed by atoms with Crippen LogP contribution in [0.5, 0.6) is 0 Å². The number of halogens is 1. The minimum Gasteiger partial charge on any atom is -0.354 e. The Morgan fingerprint density at radius 2 is 2.17 bits per heavy atom. The van der Waals surface area contributed by atoms with Crippen LogP contribution in [0.4, 0.5) is 5.82 Å². The lowest BCUT2D eigenvalue weighted by atomic mass is 9.94. The molecule has 0 radical (unpaired) electrons. The van der Waals surface area contributed by atoms with Gasteiger partial charge in [0.2, 0.25) is 0 Å². The lowest BCUT2D eigenvalue weighted by Gasteiger charge is -2.35. The highest BCUT2D eigenvalue weighted by molar-refractivity contribution is 7.17. The predicted octanol–water partition coefficient (Wildman–Crippen LogP) is 3.68. The van der Waals surface area contributed by atoms with E-state index in [9.17, 15) is 0 Å². The number of anilines is 1. The highest BCUT2D eigenvalue weighted by atomic mass is 35.5. The van der Waals surface area contributed by atoms with Gasteiger partial charge in [0.1, 0.15) is 12.1 Å². The largest absolute Gasteiger partial charge is 0.354 e. The smallest absolute Gasteiger partial charge is 0.150 e. The Hall–Kier alpha value is -0.870. The maximum atomic E-state index is 6.47. The molecule has 3 rings (SSSR count). The fourth-order valence-electron chi connectivity index (χ4n) is 2.69. The van der Waals surface area contributed by atoms with Gasteiger partial charge in [0.05, 0.1) is 15.6 Å². The lowest BCUT2D eigenvalue weighted by molar-refractivity contribution is 0.433. The third kappa shape index (κ3) is 2.08.